The smallest absolute Gasteiger partial charge is 0.261 e. The third-order valence-electron chi connectivity index (χ3n) is 14.3. The van der Waals surface area contributed by atoms with Crippen LogP contribution in [-0.2, 0) is 4.74 Å². The molecule has 0 saturated heterocycles. The quantitative estimate of drug-likeness (QED) is 0.0364. The van der Waals surface area contributed by atoms with Gasteiger partial charge in [0, 0.05) is 91.7 Å². The SMILES string of the molecule is C.C.CCC(CC)N1C(=O)c2ccc3c4c(OCCOC)cc5c6c(ccc(c7c(C#Cc8ccc(-c9cc(-c%10ccccn%10)nc(-c%10ccccn%10)c9)cc8)cc(c2c37)C1=O)c64)C(=O)N(C(CC)CC)C5=O. The number of benzene rings is 6. The van der Waals surface area contributed by atoms with Gasteiger partial charge in [-0.1, -0.05) is 90.8 Å². The third-order valence-corrected chi connectivity index (χ3v) is 14.3. The first-order valence-corrected chi connectivity index (χ1v) is 24.3. The normalized spacial score (nSPS) is 13.1. The number of ether oxygens (including phenoxy) is 2. The Morgan fingerprint density at radius 2 is 1.00 bits per heavy atom. The zero-order chi connectivity index (χ0) is 49.1. The predicted octanol–water partition coefficient (Wildman–Crippen LogP) is 13.2. The second-order valence-electron chi connectivity index (χ2n) is 18.1. The van der Waals surface area contributed by atoms with Crippen LogP contribution in [-0.4, -0.2) is 80.8 Å². The van der Waals surface area contributed by atoms with Crippen LogP contribution in [0.25, 0.3) is 77.0 Å². The van der Waals surface area contributed by atoms with Crippen LogP contribution in [0.3, 0.4) is 0 Å². The molecular weight excluding hydrogens is 911 g/mol. The number of carbonyl (C=O) groups excluding carboxylic acids is 4. The second-order valence-corrected chi connectivity index (χ2v) is 18.1. The molecule has 4 amide bonds. The topological polar surface area (TPSA) is 132 Å². The largest absolute Gasteiger partial charge is 0.490 e. The highest BCUT2D eigenvalue weighted by Gasteiger charge is 2.41. The number of aromatic nitrogens is 3. The molecule has 0 N–H and O–H groups in total. The van der Waals surface area contributed by atoms with Crippen molar-refractivity contribution >= 4 is 66.7 Å². The Morgan fingerprint density at radius 3 is 1.51 bits per heavy atom. The summed E-state index contributed by atoms with van der Waals surface area (Å²) in [5.41, 5.74) is 7.71. The van der Waals surface area contributed by atoms with Crippen LogP contribution in [0.4, 0.5) is 0 Å². The summed E-state index contributed by atoms with van der Waals surface area (Å²) >= 11 is 0. The molecule has 0 atom stereocenters. The van der Waals surface area contributed by atoms with Gasteiger partial charge in [-0.05, 0) is 120 Å². The summed E-state index contributed by atoms with van der Waals surface area (Å²) in [4.78, 5) is 75.6. The molecule has 11 rings (SSSR count). The van der Waals surface area contributed by atoms with Crippen LogP contribution in [0.5, 0.6) is 5.75 Å². The minimum Gasteiger partial charge on any atom is -0.490 e. The van der Waals surface area contributed by atoms with Crippen LogP contribution in [0.2, 0.25) is 0 Å². The summed E-state index contributed by atoms with van der Waals surface area (Å²) in [6, 6.07) is 33.9. The maximum absolute atomic E-state index is 14.9. The molecule has 6 aromatic carbocycles. The third kappa shape index (κ3) is 8.03. The molecule has 2 aliphatic rings. The second kappa shape index (κ2) is 20.1. The van der Waals surface area contributed by atoms with Crippen molar-refractivity contribution in [2.24, 2.45) is 0 Å². The first kappa shape index (κ1) is 49.6. The van der Waals surface area contributed by atoms with E-state index in [9.17, 15) is 19.2 Å². The number of hydrogen-bond acceptors (Lipinski definition) is 9. The molecule has 0 saturated carbocycles. The molecule has 0 aliphatic carbocycles. The number of carbonyl (C=O) groups is 4. The van der Waals surface area contributed by atoms with Crippen LogP contribution in [0.1, 0.15) is 121 Å². The molecule has 0 unspecified atom stereocenters. The van der Waals surface area contributed by atoms with E-state index in [0.717, 1.165) is 44.9 Å². The molecular formula is C62H57N5O6. The van der Waals surface area contributed by atoms with Crippen molar-refractivity contribution in [2.75, 3.05) is 20.3 Å². The molecule has 0 bridgehead atoms. The first-order valence-electron chi connectivity index (χ1n) is 24.3. The average molecular weight is 968 g/mol. The van der Waals surface area contributed by atoms with Crippen LogP contribution < -0.4 is 4.74 Å². The van der Waals surface area contributed by atoms with Gasteiger partial charge >= 0.3 is 0 Å². The number of amides is 4. The lowest BCUT2D eigenvalue weighted by Crippen LogP contribution is -2.46. The fourth-order valence-electron chi connectivity index (χ4n) is 10.8. The van der Waals surface area contributed by atoms with E-state index < -0.39 is 0 Å². The van der Waals surface area contributed by atoms with Crippen molar-refractivity contribution in [3.8, 4) is 51.5 Å². The van der Waals surface area contributed by atoms with Crippen molar-refractivity contribution in [1.82, 2.24) is 24.8 Å². The van der Waals surface area contributed by atoms with Gasteiger partial charge in [0.05, 0.1) is 34.9 Å². The molecule has 3 aromatic heterocycles. The van der Waals surface area contributed by atoms with Crippen molar-refractivity contribution in [2.45, 2.75) is 80.3 Å². The van der Waals surface area contributed by atoms with E-state index in [1.165, 1.54) is 9.80 Å². The Morgan fingerprint density at radius 1 is 0.493 bits per heavy atom. The molecule has 9 aromatic rings. The Hall–Kier alpha value is -8.33. The van der Waals surface area contributed by atoms with E-state index in [2.05, 4.69) is 21.8 Å². The highest BCUT2D eigenvalue weighted by Crippen LogP contribution is 2.51. The van der Waals surface area contributed by atoms with Gasteiger partial charge < -0.3 is 9.47 Å². The number of rotatable bonds is 13. The van der Waals surface area contributed by atoms with Gasteiger partial charge in [-0.2, -0.15) is 0 Å². The first-order chi connectivity index (χ1) is 34.7. The maximum atomic E-state index is 14.9. The van der Waals surface area contributed by atoms with Crippen LogP contribution in [0, 0.1) is 11.8 Å². The van der Waals surface area contributed by atoms with E-state index in [4.69, 9.17) is 14.5 Å². The molecule has 2 aliphatic heterocycles. The van der Waals surface area contributed by atoms with E-state index in [0.29, 0.717) is 97.0 Å². The van der Waals surface area contributed by atoms with Gasteiger partial charge in [0.1, 0.15) is 12.4 Å². The predicted molar refractivity (Wildman–Crippen MR) is 290 cm³/mol. The fourth-order valence-corrected chi connectivity index (χ4v) is 10.8. The monoisotopic (exact) mass is 967 g/mol. The number of imide groups is 2. The standard InChI is InChI=1S/C60H49N5O6.2CH4/c1-6-38(7-2)64-57(66)42-25-23-41-54-50(71-29-28-70-5)33-45-53-43(58(67)65(60(45)69)39(8-3)9-4)24-22-40(56(53)54)51-36(30-44(59(64)68)52(42)55(41)51)21-18-34-16-19-35(20-17-34)37-31-48(46-14-10-12-26-61-46)63-49(32-37)47-15-11-13-27-62-47;;/h10-17,19-20,22-27,30-33,38-39H,6-9,28-29H2,1-5H3;2*1H4. The lowest BCUT2D eigenvalue weighted by Gasteiger charge is -2.35. The summed E-state index contributed by atoms with van der Waals surface area (Å²) < 4.78 is 11.9. The molecule has 73 heavy (non-hydrogen) atoms. The number of pyridine rings is 3. The number of hydrogen-bond donors (Lipinski definition) is 0. The van der Waals surface area contributed by atoms with Crippen LogP contribution >= 0.6 is 0 Å². The van der Waals surface area contributed by atoms with Crippen molar-refractivity contribution < 1.29 is 28.7 Å². The van der Waals surface area contributed by atoms with Gasteiger partial charge in [0.15, 0.2) is 0 Å². The number of nitrogens with zero attached hydrogens (tertiary/aromatic N) is 5. The van der Waals surface area contributed by atoms with Crippen molar-refractivity contribution in [1.29, 1.82) is 0 Å². The fraction of sp³-hybridized carbons (Fsp3) is 0.242. The molecule has 366 valence electrons. The summed E-state index contributed by atoms with van der Waals surface area (Å²) in [7, 11) is 1.60. The summed E-state index contributed by atoms with van der Waals surface area (Å²) in [6.07, 6.45) is 5.93. The maximum Gasteiger partial charge on any atom is 0.261 e. The lowest BCUT2D eigenvalue weighted by atomic mass is 9.80. The number of methoxy groups -OCH3 is 1. The molecule has 0 fully saturated rings. The summed E-state index contributed by atoms with van der Waals surface area (Å²) in [5, 5.41) is 5.28. The average Bonchev–Trinajstić information content (AvgIpc) is 3.41. The van der Waals surface area contributed by atoms with E-state index in [1.54, 1.807) is 37.7 Å². The highest BCUT2D eigenvalue weighted by atomic mass is 16.5. The summed E-state index contributed by atoms with van der Waals surface area (Å²) in [5.74, 6) is 5.94. The number of fused-ring (bicyclic) bond motifs is 2. The van der Waals surface area contributed by atoms with Crippen LogP contribution in [0.15, 0.2) is 122 Å². The Bertz CT molecular complexity index is 3650. The zero-order valence-corrected chi connectivity index (χ0v) is 40.1. The molecule has 0 radical (unpaired) electrons. The molecule has 11 nitrogen and oxygen atoms in total. The summed E-state index contributed by atoms with van der Waals surface area (Å²) in [6.45, 7) is 8.41. The Kier molecular flexibility index (Phi) is 13.6. The minimum absolute atomic E-state index is 0. The highest BCUT2D eigenvalue weighted by molar-refractivity contribution is 6.42. The lowest BCUT2D eigenvalue weighted by molar-refractivity contribution is 0.0514. The Labute approximate surface area is 425 Å². The molecule has 5 heterocycles. The minimum atomic E-state index is -0.374. The van der Waals surface area contributed by atoms with Gasteiger partial charge in [0.2, 0.25) is 0 Å². The van der Waals surface area contributed by atoms with Gasteiger partial charge in [-0.15, -0.1) is 0 Å². The van der Waals surface area contributed by atoms with Gasteiger partial charge in [-0.3, -0.25) is 38.9 Å². The van der Waals surface area contributed by atoms with Gasteiger partial charge in [0.25, 0.3) is 23.6 Å². The van der Waals surface area contributed by atoms with E-state index in [1.807, 2.05) is 119 Å². The Balaban J connectivity index is 0.00000328. The van der Waals surface area contributed by atoms with E-state index in [-0.39, 0.29) is 63.8 Å². The van der Waals surface area contributed by atoms with E-state index >= 15 is 0 Å². The zero-order valence-electron chi connectivity index (χ0n) is 40.1. The van der Waals surface area contributed by atoms with Crippen molar-refractivity contribution in [3.63, 3.8) is 0 Å². The molecule has 0 spiro atoms. The molecule has 11 heteroatoms. The van der Waals surface area contributed by atoms with Gasteiger partial charge in [-0.25, -0.2) is 4.98 Å². The van der Waals surface area contributed by atoms with Crippen molar-refractivity contribution in [3.05, 3.63) is 155 Å².